The Balaban J connectivity index is 1.78. The zero-order valence-electron chi connectivity index (χ0n) is 14.7. The third kappa shape index (κ3) is 4.62. The van der Waals surface area contributed by atoms with Crippen molar-refractivity contribution in [3.8, 4) is 17.2 Å². The number of rotatable bonds is 4. The molecule has 0 aliphatic carbocycles. The Morgan fingerprint density at radius 2 is 1.64 bits per heavy atom. The van der Waals surface area contributed by atoms with Crippen LogP contribution < -0.4 is 10.1 Å². The first-order valence-electron chi connectivity index (χ1n) is 8.28. The second kappa shape index (κ2) is 7.64. The SMILES string of the molecule is Cc1cc(O)ccc1NC(=O)c1cccc(Oc2cccc(C(F)(F)F)c2)c1. The first kappa shape index (κ1) is 19.3. The molecule has 7 heteroatoms. The molecule has 3 rings (SSSR count). The fourth-order valence-electron chi connectivity index (χ4n) is 2.56. The first-order valence-corrected chi connectivity index (χ1v) is 8.28. The minimum atomic E-state index is -4.47. The Morgan fingerprint density at radius 3 is 2.32 bits per heavy atom. The number of ether oxygens (including phenoxy) is 1. The van der Waals surface area contributed by atoms with Crippen molar-refractivity contribution >= 4 is 11.6 Å². The lowest BCUT2D eigenvalue weighted by Crippen LogP contribution is -2.12. The van der Waals surface area contributed by atoms with Crippen LogP contribution in [0, 0.1) is 6.92 Å². The molecule has 0 unspecified atom stereocenters. The van der Waals surface area contributed by atoms with Gasteiger partial charge in [0.05, 0.1) is 5.56 Å². The van der Waals surface area contributed by atoms with E-state index in [0.29, 0.717) is 11.3 Å². The van der Waals surface area contributed by atoms with Crippen LogP contribution in [0.5, 0.6) is 17.2 Å². The lowest BCUT2D eigenvalue weighted by Gasteiger charge is -2.12. The van der Waals surface area contributed by atoms with Gasteiger partial charge in [-0.05, 0) is 67.1 Å². The number of halogens is 3. The average Bonchev–Trinajstić information content (AvgIpc) is 2.64. The van der Waals surface area contributed by atoms with E-state index < -0.39 is 17.6 Å². The van der Waals surface area contributed by atoms with Crippen LogP contribution in [-0.2, 0) is 6.18 Å². The van der Waals surface area contributed by atoms with E-state index in [-0.39, 0.29) is 22.8 Å². The number of nitrogens with one attached hydrogen (secondary N) is 1. The van der Waals surface area contributed by atoms with E-state index in [0.717, 1.165) is 12.1 Å². The van der Waals surface area contributed by atoms with Gasteiger partial charge in [0.15, 0.2) is 0 Å². The molecule has 4 nitrogen and oxygen atoms in total. The summed E-state index contributed by atoms with van der Waals surface area (Å²) in [4.78, 5) is 12.5. The van der Waals surface area contributed by atoms with Crippen LogP contribution in [0.25, 0.3) is 0 Å². The molecule has 0 radical (unpaired) electrons. The van der Waals surface area contributed by atoms with Crippen LogP contribution in [0.15, 0.2) is 66.7 Å². The Morgan fingerprint density at radius 1 is 0.964 bits per heavy atom. The van der Waals surface area contributed by atoms with E-state index in [4.69, 9.17) is 4.74 Å². The molecule has 3 aromatic rings. The number of benzene rings is 3. The third-order valence-corrected chi connectivity index (χ3v) is 3.95. The Hall–Kier alpha value is -3.48. The number of aromatic hydroxyl groups is 1. The second-order valence-electron chi connectivity index (χ2n) is 6.11. The molecule has 0 saturated carbocycles. The molecular formula is C21H16F3NO3. The van der Waals surface area contributed by atoms with E-state index in [1.54, 1.807) is 31.2 Å². The maximum atomic E-state index is 12.8. The summed E-state index contributed by atoms with van der Waals surface area (Å²) in [6, 6.07) is 15.2. The molecule has 0 saturated heterocycles. The van der Waals surface area contributed by atoms with Gasteiger partial charge in [-0.3, -0.25) is 4.79 Å². The normalized spacial score (nSPS) is 11.1. The highest BCUT2D eigenvalue weighted by molar-refractivity contribution is 6.04. The van der Waals surface area contributed by atoms with Gasteiger partial charge in [0.25, 0.3) is 5.91 Å². The average molecular weight is 387 g/mol. The summed E-state index contributed by atoms with van der Waals surface area (Å²) >= 11 is 0. The molecule has 0 aromatic heterocycles. The molecule has 0 bridgehead atoms. The Labute approximate surface area is 159 Å². The lowest BCUT2D eigenvalue weighted by molar-refractivity contribution is -0.137. The summed E-state index contributed by atoms with van der Waals surface area (Å²) in [5, 5.41) is 12.2. The Kier molecular flexibility index (Phi) is 5.26. The van der Waals surface area contributed by atoms with Crippen LogP contribution >= 0.6 is 0 Å². The van der Waals surface area contributed by atoms with Crippen molar-refractivity contribution in [3.63, 3.8) is 0 Å². The highest BCUT2D eigenvalue weighted by Gasteiger charge is 2.30. The van der Waals surface area contributed by atoms with Crippen molar-refractivity contribution in [3.05, 3.63) is 83.4 Å². The summed E-state index contributed by atoms with van der Waals surface area (Å²) in [6.45, 7) is 1.74. The summed E-state index contributed by atoms with van der Waals surface area (Å²) < 4.78 is 43.9. The molecule has 0 aliphatic heterocycles. The van der Waals surface area contributed by atoms with Gasteiger partial charge in [0.2, 0.25) is 0 Å². The molecule has 2 N–H and O–H groups in total. The molecule has 0 atom stereocenters. The largest absolute Gasteiger partial charge is 0.508 e. The number of anilines is 1. The van der Waals surface area contributed by atoms with Gasteiger partial charge in [0, 0.05) is 11.3 Å². The smallest absolute Gasteiger partial charge is 0.416 e. The van der Waals surface area contributed by atoms with E-state index >= 15 is 0 Å². The van der Waals surface area contributed by atoms with E-state index in [1.807, 2.05) is 0 Å². The number of aryl methyl sites for hydroxylation is 1. The van der Waals surface area contributed by atoms with Crippen LogP contribution in [0.4, 0.5) is 18.9 Å². The van der Waals surface area contributed by atoms with Crippen molar-refractivity contribution in [2.45, 2.75) is 13.1 Å². The molecular weight excluding hydrogens is 371 g/mol. The number of amides is 1. The van der Waals surface area contributed by atoms with Gasteiger partial charge in [-0.2, -0.15) is 13.2 Å². The molecule has 144 valence electrons. The number of carbonyl (C=O) groups excluding carboxylic acids is 1. The summed E-state index contributed by atoms with van der Waals surface area (Å²) in [6.07, 6.45) is -4.47. The highest BCUT2D eigenvalue weighted by Crippen LogP contribution is 2.33. The number of phenols is 1. The zero-order valence-corrected chi connectivity index (χ0v) is 14.7. The molecule has 28 heavy (non-hydrogen) atoms. The van der Waals surface area contributed by atoms with Crippen molar-refractivity contribution in [2.75, 3.05) is 5.32 Å². The fraction of sp³-hybridized carbons (Fsp3) is 0.0952. The number of alkyl halides is 3. The maximum Gasteiger partial charge on any atom is 0.416 e. The highest BCUT2D eigenvalue weighted by atomic mass is 19.4. The van der Waals surface area contributed by atoms with E-state index in [9.17, 15) is 23.1 Å². The first-order chi connectivity index (χ1) is 13.2. The molecule has 0 fully saturated rings. The zero-order chi connectivity index (χ0) is 20.3. The third-order valence-electron chi connectivity index (χ3n) is 3.95. The monoisotopic (exact) mass is 387 g/mol. The Bertz CT molecular complexity index is 1020. The van der Waals surface area contributed by atoms with Crippen LogP contribution in [-0.4, -0.2) is 11.0 Å². The maximum absolute atomic E-state index is 12.8. The minimum Gasteiger partial charge on any atom is -0.508 e. The number of hydrogen-bond acceptors (Lipinski definition) is 3. The van der Waals surface area contributed by atoms with Crippen LogP contribution in [0.2, 0.25) is 0 Å². The number of phenolic OH excluding ortho intramolecular Hbond substituents is 1. The number of carbonyl (C=O) groups is 1. The van der Waals surface area contributed by atoms with Gasteiger partial charge in [-0.1, -0.05) is 12.1 Å². The minimum absolute atomic E-state index is 0.0155. The van der Waals surface area contributed by atoms with E-state index in [1.165, 1.54) is 30.3 Å². The molecule has 3 aromatic carbocycles. The molecule has 1 amide bonds. The van der Waals surface area contributed by atoms with Gasteiger partial charge in [0.1, 0.15) is 17.2 Å². The van der Waals surface area contributed by atoms with Gasteiger partial charge >= 0.3 is 6.18 Å². The predicted molar refractivity (Wildman–Crippen MR) is 98.8 cm³/mol. The second-order valence-corrected chi connectivity index (χ2v) is 6.11. The quantitative estimate of drug-likeness (QED) is 0.559. The van der Waals surface area contributed by atoms with Gasteiger partial charge in [-0.15, -0.1) is 0 Å². The summed E-state index contributed by atoms with van der Waals surface area (Å²) in [5.41, 5.74) is 0.676. The van der Waals surface area contributed by atoms with Gasteiger partial charge in [-0.25, -0.2) is 0 Å². The van der Waals surface area contributed by atoms with Crippen molar-refractivity contribution < 1.29 is 27.8 Å². The van der Waals surface area contributed by atoms with Gasteiger partial charge < -0.3 is 15.2 Å². The topological polar surface area (TPSA) is 58.6 Å². The summed E-state index contributed by atoms with van der Waals surface area (Å²) in [7, 11) is 0. The van der Waals surface area contributed by atoms with Crippen LogP contribution in [0.3, 0.4) is 0 Å². The van der Waals surface area contributed by atoms with Crippen molar-refractivity contribution in [1.82, 2.24) is 0 Å². The van der Waals surface area contributed by atoms with E-state index in [2.05, 4.69) is 5.32 Å². The molecule has 0 heterocycles. The fourth-order valence-corrected chi connectivity index (χ4v) is 2.56. The van der Waals surface area contributed by atoms with Crippen molar-refractivity contribution in [2.24, 2.45) is 0 Å². The lowest BCUT2D eigenvalue weighted by atomic mass is 10.1. The standard InChI is InChI=1S/C21H16F3NO3/c1-13-10-16(26)8-9-19(13)25-20(27)14-4-2-6-17(11-14)28-18-7-3-5-15(12-18)21(22,23)24/h2-12,26H,1H3,(H,25,27). The van der Waals surface area contributed by atoms with Crippen LogP contribution in [0.1, 0.15) is 21.5 Å². The number of hydrogen-bond donors (Lipinski definition) is 2. The predicted octanol–water partition coefficient (Wildman–Crippen LogP) is 5.76. The molecule has 0 spiro atoms. The summed E-state index contributed by atoms with van der Waals surface area (Å²) in [5.74, 6) is -0.0774. The molecule has 0 aliphatic rings. The van der Waals surface area contributed by atoms with Crippen molar-refractivity contribution in [1.29, 1.82) is 0 Å².